The molecule has 13 rings (SSSR count). The van der Waals surface area contributed by atoms with Gasteiger partial charge in [0.2, 0.25) is 5.95 Å². The molecule has 0 N–H and O–H groups in total. The highest BCUT2D eigenvalue weighted by Crippen LogP contribution is 2.48. The maximum atomic E-state index is 5.67. The predicted molar refractivity (Wildman–Crippen MR) is 226 cm³/mol. The first-order chi connectivity index (χ1) is 26.8. The summed E-state index contributed by atoms with van der Waals surface area (Å²) in [6.07, 6.45) is 0. The van der Waals surface area contributed by atoms with E-state index >= 15 is 0 Å². The number of hydrogen-bond donors (Lipinski definition) is 0. The lowest BCUT2D eigenvalue weighted by atomic mass is 9.94. The third-order valence-electron chi connectivity index (χ3n) is 11.8. The molecule has 4 nitrogen and oxygen atoms in total. The lowest BCUT2D eigenvalue weighted by Crippen LogP contribution is -2.04. The average molecular weight is 685 g/mol. The molecular weight excluding hydrogens is 657 g/mol. The van der Waals surface area contributed by atoms with Crippen LogP contribution in [0, 0.1) is 0 Å². The van der Waals surface area contributed by atoms with Crippen molar-refractivity contribution in [2.75, 3.05) is 0 Å². The summed E-state index contributed by atoms with van der Waals surface area (Å²) in [5.74, 6) is 0.660. The third kappa shape index (κ3) is 3.48. The Kier molecular flexibility index (Phi) is 5.34. The van der Waals surface area contributed by atoms with Crippen LogP contribution in [0.4, 0.5) is 0 Å². The molecule has 0 amide bonds. The third-order valence-corrected chi connectivity index (χ3v) is 11.8. The molecule has 0 spiro atoms. The first-order valence-electron chi connectivity index (χ1n) is 18.5. The van der Waals surface area contributed by atoms with Crippen LogP contribution in [0.3, 0.4) is 0 Å². The molecule has 0 saturated heterocycles. The number of benzene rings is 9. The molecular formula is C50H28N4. The Morgan fingerprint density at radius 2 is 0.926 bits per heavy atom. The summed E-state index contributed by atoms with van der Waals surface area (Å²) in [5, 5.41) is 15.8. The number of nitrogens with zero attached hydrogens (tertiary/aromatic N) is 4. The Labute approximate surface area is 308 Å². The molecule has 0 aliphatic rings. The van der Waals surface area contributed by atoms with E-state index in [1.165, 1.54) is 81.2 Å². The zero-order chi connectivity index (χ0) is 35.1. The molecule has 4 heterocycles. The van der Waals surface area contributed by atoms with E-state index < -0.39 is 0 Å². The van der Waals surface area contributed by atoms with E-state index in [0.717, 1.165) is 33.2 Å². The van der Waals surface area contributed by atoms with Crippen LogP contribution in [0.25, 0.3) is 120 Å². The summed E-state index contributed by atoms with van der Waals surface area (Å²) >= 11 is 0. The van der Waals surface area contributed by atoms with Crippen LogP contribution >= 0.6 is 0 Å². The van der Waals surface area contributed by atoms with Gasteiger partial charge in [0.15, 0.2) is 0 Å². The molecule has 0 atom stereocenters. The molecule has 0 bridgehead atoms. The first-order valence-corrected chi connectivity index (χ1v) is 18.5. The minimum Gasteiger partial charge on any atom is -0.306 e. The summed E-state index contributed by atoms with van der Waals surface area (Å²) in [4.78, 5) is 11.1. The predicted octanol–water partition coefficient (Wildman–Crippen LogP) is 13.0. The van der Waals surface area contributed by atoms with Crippen LogP contribution in [0.1, 0.15) is 0 Å². The van der Waals surface area contributed by atoms with Crippen molar-refractivity contribution in [3.05, 3.63) is 170 Å². The van der Waals surface area contributed by atoms with E-state index in [-0.39, 0.29) is 0 Å². The van der Waals surface area contributed by atoms with Crippen LogP contribution < -0.4 is 0 Å². The van der Waals surface area contributed by atoms with Gasteiger partial charge in [-0.2, -0.15) is 0 Å². The molecule has 0 fully saturated rings. The van der Waals surface area contributed by atoms with Crippen LogP contribution in [-0.4, -0.2) is 18.9 Å². The minimum absolute atomic E-state index is 0.660. The standard InChI is InChI=1S/C50H28N4/c1-2-15-30-29(14-1)28-40(32-17-4-3-16-31(30)32)46-37-21-7-10-25-41(37)51-50(52-46)54-43-27-12-9-22-38(43)44-34-19-5-6-20-35(34)45-39-24-13-23-36-33-18-8-11-26-42(33)53(47(36)39)48(45)49(44)54/h1-28H. The van der Waals surface area contributed by atoms with E-state index in [0.29, 0.717) is 5.95 Å². The number of aromatic nitrogens is 4. The maximum Gasteiger partial charge on any atom is 0.235 e. The number of para-hydroxylation sites is 4. The van der Waals surface area contributed by atoms with Gasteiger partial charge in [0.1, 0.15) is 0 Å². The Bertz CT molecular complexity index is 3730. The number of fused-ring (bicyclic) bond motifs is 17. The van der Waals surface area contributed by atoms with Gasteiger partial charge in [0.25, 0.3) is 0 Å². The van der Waals surface area contributed by atoms with E-state index in [1.54, 1.807) is 0 Å². The smallest absolute Gasteiger partial charge is 0.235 e. The number of hydrogen-bond acceptors (Lipinski definition) is 2. The Morgan fingerprint density at radius 3 is 1.74 bits per heavy atom. The van der Waals surface area contributed by atoms with Gasteiger partial charge < -0.3 is 4.40 Å². The van der Waals surface area contributed by atoms with Crippen LogP contribution in [0.2, 0.25) is 0 Å². The molecule has 248 valence electrons. The molecule has 0 aliphatic heterocycles. The van der Waals surface area contributed by atoms with Crippen LogP contribution in [-0.2, 0) is 0 Å². The van der Waals surface area contributed by atoms with Crippen molar-refractivity contribution in [3.8, 4) is 17.2 Å². The molecule has 0 aliphatic carbocycles. The zero-order valence-electron chi connectivity index (χ0n) is 29.0. The second-order valence-electron chi connectivity index (χ2n) is 14.5. The minimum atomic E-state index is 0.660. The average Bonchev–Trinajstić information content (AvgIpc) is 3.89. The van der Waals surface area contributed by atoms with E-state index in [4.69, 9.17) is 9.97 Å². The van der Waals surface area contributed by atoms with Crippen molar-refractivity contribution in [1.82, 2.24) is 18.9 Å². The van der Waals surface area contributed by atoms with Gasteiger partial charge in [-0.3, -0.25) is 4.57 Å². The zero-order valence-corrected chi connectivity index (χ0v) is 29.0. The second kappa shape index (κ2) is 10.2. The fourth-order valence-electron chi connectivity index (χ4n) is 9.67. The van der Waals surface area contributed by atoms with E-state index in [1.807, 2.05) is 0 Å². The highest BCUT2D eigenvalue weighted by atomic mass is 15.2. The summed E-state index contributed by atoms with van der Waals surface area (Å²) in [7, 11) is 0. The Hall–Kier alpha value is -7.30. The highest BCUT2D eigenvalue weighted by molar-refractivity contribution is 6.38. The van der Waals surface area contributed by atoms with Crippen molar-refractivity contribution in [2.45, 2.75) is 0 Å². The molecule has 54 heavy (non-hydrogen) atoms. The maximum absolute atomic E-state index is 5.67. The van der Waals surface area contributed by atoms with Crippen molar-refractivity contribution in [1.29, 1.82) is 0 Å². The van der Waals surface area contributed by atoms with Gasteiger partial charge in [-0.05, 0) is 56.6 Å². The lowest BCUT2D eigenvalue weighted by Gasteiger charge is -2.15. The highest BCUT2D eigenvalue weighted by Gasteiger charge is 2.27. The normalized spacial score (nSPS) is 12.4. The van der Waals surface area contributed by atoms with E-state index in [2.05, 4.69) is 179 Å². The van der Waals surface area contributed by atoms with Gasteiger partial charge in [0, 0.05) is 43.3 Å². The summed E-state index contributed by atoms with van der Waals surface area (Å²) < 4.78 is 4.86. The molecule has 0 saturated carbocycles. The molecule has 0 unspecified atom stereocenters. The molecule has 4 heteroatoms. The molecule has 4 aromatic heterocycles. The van der Waals surface area contributed by atoms with Crippen molar-refractivity contribution < 1.29 is 0 Å². The second-order valence-corrected chi connectivity index (χ2v) is 14.5. The van der Waals surface area contributed by atoms with Gasteiger partial charge in [-0.1, -0.05) is 146 Å². The first kappa shape index (κ1) is 28.3. The molecule has 13 aromatic rings. The SMILES string of the molecule is c1ccc2c(c1)cc(-c1nc(-n3c4ccccc4c4c5ccccc5c5c6cccc7c8ccccc8n(c76)c5c43)nc3ccccc13)c1ccccc12. The summed E-state index contributed by atoms with van der Waals surface area (Å²) in [5.41, 5.74) is 8.79. The number of rotatable bonds is 2. The van der Waals surface area contributed by atoms with Crippen molar-refractivity contribution in [2.24, 2.45) is 0 Å². The fraction of sp³-hybridized carbons (Fsp3) is 0. The van der Waals surface area contributed by atoms with Gasteiger partial charge >= 0.3 is 0 Å². The van der Waals surface area contributed by atoms with E-state index in [9.17, 15) is 0 Å². The van der Waals surface area contributed by atoms with Crippen molar-refractivity contribution in [3.63, 3.8) is 0 Å². The quantitative estimate of drug-likeness (QED) is 0.170. The lowest BCUT2D eigenvalue weighted by molar-refractivity contribution is 1.02. The Balaban J connectivity index is 1.28. The summed E-state index contributed by atoms with van der Waals surface area (Å²) in [6.45, 7) is 0. The van der Waals surface area contributed by atoms with Gasteiger partial charge in [-0.15, -0.1) is 0 Å². The van der Waals surface area contributed by atoms with Gasteiger partial charge in [0.05, 0.1) is 38.8 Å². The summed E-state index contributed by atoms with van der Waals surface area (Å²) in [6, 6.07) is 61.4. The Morgan fingerprint density at radius 1 is 0.352 bits per heavy atom. The molecule has 9 aromatic carbocycles. The van der Waals surface area contributed by atoms with Crippen molar-refractivity contribution >= 4 is 103 Å². The topological polar surface area (TPSA) is 35.1 Å². The largest absolute Gasteiger partial charge is 0.306 e. The van der Waals surface area contributed by atoms with Crippen LogP contribution in [0.5, 0.6) is 0 Å². The van der Waals surface area contributed by atoms with Crippen LogP contribution in [0.15, 0.2) is 170 Å². The fourth-order valence-corrected chi connectivity index (χ4v) is 9.67. The monoisotopic (exact) mass is 684 g/mol. The molecule has 0 radical (unpaired) electrons. The van der Waals surface area contributed by atoms with Gasteiger partial charge in [-0.25, -0.2) is 9.97 Å².